The molecule has 4 fully saturated rings. The van der Waals surface area contributed by atoms with Gasteiger partial charge in [-0.25, -0.2) is 4.39 Å². The van der Waals surface area contributed by atoms with Crippen LogP contribution >= 0.6 is 0 Å². The van der Waals surface area contributed by atoms with E-state index in [0.717, 1.165) is 75.4 Å². The Morgan fingerprint density at radius 3 is 2.50 bits per heavy atom. The Bertz CT molecular complexity index is 1580. The second-order valence-corrected chi connectivity index (χ2v) is 13.8. The van der Waals surface area contributed by atoms with E-state index in [4.69, 9.17) is 9.47 Å². The molecule has 1 aromatic heterocycles. The van der Waals surface area contributed by atoms with Gasteiger partial charge in [0.05, 0.1) is 17.0 Å². The lowest BCUT2D eigenvalue weighted by Crippen LogP contribution is -2.68. The Morgan fingerprint density at radius 2 is 1.85 bits per heavy atom. The molecule has 4 heterocycles. The van der Waals surface area contributed by atoms with Crippen LogP contribution in [0, 0.1) is 11.2 Å². The van der Waals surface area contributed by atoms with Crippen molar-refractivity contribution in [2.75, 3.05) is 32.8 Å². The fourth-order valence-corrected chi connectivity index (χ4v) is 7.42. The van der Waals surface area contributed by atoms with E-state index in [2.05, 4.69) is 34.3 Å². The predicted molar refractivity (Wildman–Crippen MR) is 171 cm³/mol. The molecule has 1 spiro atoms. The summed E-state index contributed by atoms with van der Waals surface area (Å²) in [6.45, 7) is 8.79. The van der Waals surface area contributed by atoms with Gasteiger partial charge in [-0.05, 0) is 92.0 Å². The number of amides is 2. The van der Waals surface area contributed by atoms with Gasteiger partial charge in [-0.3, -0.25) is 14.5 Å². The largest absolute Gasteiger partial charge is 0.457 e. The second-order valence-electron chi connectivity index (χ2n) is 13.8. The van der Waals surface area contributed by atoms with Crippen molar-refractivity contribution in [3.05, 3.63) is 71.2 Å². The SMILES string of the molecule is CC(C)c1ccc(-c2ccc(Oc3cc(C(=O)NC4CC5(C4)CN(C4CCOCC4)C5)c(F)cc3CN3CCCC3=O)cc2)nn1. The zero-order valence-corrected chi connectivity index (χ0v) is 26.6. The molecule has 2 aromatic carbocycles. The monoisotopic (exact) mass is 627 g/mol. The standard InChI is InChI=1S/C36H42FN5O4/c1-23(2)31-9-10-32(40-39-31)24-5-7-28(8-6-24)46-33-17-29(30(37)16-25(33)20-41-13-3-4-34(41)43)35(44)38-26-18-36(19-26)21-42(22-36)27-11-14-45-15-12-27/h5-10,16-17,23,26-27H,3-4,11-15,18-22H2,1-2H3,(H,38,44). The Morgan fingerprint density at radius 1 is 1.09 bits per heavy atom. The lowest BCUT2D eigenvalue weighted by molar-refractivity contribution is -0.128. The number of halogens is 1. The maximum atomic E-state index is 15.5. The molecule has 2 amide bonds. The summed E-state index contributed by atoms with van der Waals surface area (Å²) in [7, 11) is 0. The highest BCUT2D eigenvalue weighted by atomic mass is 19.1. The quantitative estimate of drug-likeness (QED) is 0.326. The molecule has 9 nitrogen and oxygen atoms in total. The van der Waals surface area contributed by atoms with Crippen molar-refractivity contribution >= 4 is 11.8 Å². The topological polar surface area (TPSA) is 96.9 Å². The van der Waals surface area contributed by atoms with E-state index in [0.29, 0.717) is 42.0 Å². The summed E-state index contributed by atoms with van der Waals surface area (Å²) in [5.41, 5.74) is 3.30. The van der Waals surface area contributed by atoms with Crippen LogP contribution in [0.2, 0.25) is 0 Å². The smallest absolute Gasteiger partial charge is 0.254 e. The molecule has 0 atom stereocenters. The van der Waals surface area contributed by atoms with Crippen molar-refractivity contribution in [3.8, 4) is 22.8 Å². The Kier molecular flexibility index (Phi) is 8.50. The third-order valence-corrected chi connectivity index (χ3v) is 10.1. The Balaban J connectivity index is 1.04. The van der Waals surface area contributed by atoms with E-state index in [1.54, 1.807) is 4.90 Å². The van der Waals surface area contributed by atoms with Crippen LogP contribution in [-0.2, 0) is 16.1 Å². The number of nitrogens with zero attached hydrogens (tertiary/aromatic N) is 4. The van der Waals surface area contributed by atoms with Gasteiger partial charge in [-0.2, -0.15) is 10.2 Å². The highest BCUT2D eigenvalue weighted by molar-refractivity contribution is 5.95. The van der Waals surface area contributed by atoms with Crippen LogP contribution < -0.4 is 10.1 Å². The van der Waals surface area contributed by atoms with Gasteiger partial charge in [0.25, 0.3) is 5.91 Å². The number of rotatable bonds is 9. The first-order chi connectivity index (χ1) is 22.2. The fraction of sp³-hybridized carbons (Fsp3) is 0.500. The van der Waals surface area contributed by atoms with Gasteiger partial charge in [0, 0.05) is 69.0 Å². The minimum absolute atomic E-state index is 0.0280. The van der Waals surface area contributed by atoms with E-state index in [-0.39, 0.29) is 29.5 Å². The molecular formula is C36H42FN5O4. The summed E-state index contributed by atoms with van der Waals surface area (Å²) in [6, 6.07) is 14.8. The van der Waals surface area contributed by atoms with Gasteiger partial charge in [0.1, 0.15) is 17.3 Å². The average molecular weight is 628 g/mol. The van der Waals surface area contributed by atoms with Crippen molar-refractivity contribution < 1.29 is 23.5 Å². The first-order valence-electron chi connectivity index (χ1n) is 16.6. The summed E-state index contributed by atoms with van der Waals surface area (Å²) in [5.74, 6) is 0.163. The maximum Gasteiger partial charge on any atom is 0.254 e. The zero-order chi connectivity index (χ0) is 31.8. The molecule has 1 aliphatic carbocycles. The van der Waals surface area contributed by atoms with Crippen LogP contribution in [0.5, 0.6) is 11.5 Å². The highest BCUT2D eigenvalue weighted by Gasteiger charge is 2.54. The Labute approximate surface area is 269 Å². The summed E-state index contributed by atoms with van der Waals surface area (Å²) in [6.07, 6.45) is 5.26. The van der Waals surface area contributed by atoms with Crippen LogP contribution in [0.4, 0.5) is 4.39 Å². The molecule has 3 aromatic rings. The van der Waals surface area contributed by atoms with Crippen LogP contribution in [-0.4, -0.2) is 76.7 Å². The van der Waals surface area contributed by atoms with Gasteiger partial charge in [0.2, 0.25) is 5.91 Å². The third-order valence-electron chi connectivity index (χ3n) is 10.1. The number of carbonyl (C=O) groups is 2. The number of hydrogen-bond acceptors (Lipinski definition) is 7. The zero-order valence-electron chi connectivity index (χ0n) is 26.6. The third kappa shape index (κ3) is 6.37. The molecule has 242 valence electrons. The highest BCUT2D eigenvalue weighted by Crippen LogP contribution is 2.49. The fourth-order valence-electron chi connectivity index (χ4n) is 7.42. The van der Waals surface area contributed by atoms with E-state index in [1.807, 2.05) is 36.4 Å². The van der Waals surface area contributed by atoms with Gasteiger partial charge in [-0.15, -0.1) is 0 Å². The maximum absolute atomic E-state index is 15.5. The molecule has 3 aliphatic heterocycles. The molecule has 0 bridgehead atoms. The van der Waals surface area contributed by atoms with Crippen molar-refractivity contribution in [1.29, 1.82) is 0 Å². The van der Waals surface area contributed by atoms with Gasteiger partial charge >= 0.3 is 0 Å². The van der Waals surface area contributed by atoms with E-state index in [9.17, 15) is 9.59 Å². The van der Waals surface area contributed by atoms with E-state index >= 15 is 4.39 Å². The number of carbonyl (C=O) groups excluding carboxylic acids is 2. The first-order valence-corrected chi connectivity index (χ1v) is 16.6. The van der Waals surface area contributed by atoms with Gasteiger partial charge in [-0.1, -0.05) is 13.8 Å². The number of hydrogen-bond donors (Lipinski definition) is 1. The van der Waals surface area contributed by atoms with Crippen molar-refractivity contribution in [3.63, 3.8) is 0 Å². The van der Waals surface area contributed by atoms with Crippen LogP contribution in [0.25, 0.3) is 11.3 Å². The van der Waals surface area contributed by atoms with Gasteiger partial charge < -0.3 is 19.7 Å². The van der Waals surface area contributed by atoms with Crippen molar-refractivity contribution in [2.24, 2.45) is 5.41 Å². The lowest BCUT2D eigenvalue weighted by atomic mass is 9.60. The number of aromatic nitrogens is 2. The second kappa shape index (κ2) is 12.7. The summed E-state index contributed by atoms with van der Waals surface area (Å²) < 4.78 is 27.3. The average Bonchev–Trinajstić information content (AvgIpc) is 3.43. The summed E-state index contributed by atoms with van der Waals surface area (Å²) in [4.78, 5) is 30.0. The minimum Gasteiger partial charge on any atom is -0.457 e. The molecule has 1 saturated carbocycles. The van der Waals surface area contributed by atoms with E-state index < -0.39 is 11.7 Å². The van der Waals surface area contributed by atoms with Crippen LogP contribution in [0.15, 0.2) is 48.5 Å². The normalized spacial score (nSPS) is 20.2. The lowest BCUT2D eigenvalue weighted by Gasteiger charge is -2.61. The van der Waals surface area contributed by atoms with Crippen LogP contribution in [0.1, 0.15) is 79.9 Å². The first kappa shape index (κ1) is 30.7. The minimum atomic E-state index is -0.617. The molecule has 0 radical (unpaired) electrons. The molecule has 1 N–H and O–H groups in total. The number of ether oxygens (including phenoxy) is 2. The Hall–Kier alpha value is -3.89. The molecule has 46 heavy (non-hydrogen) atoms. The molecule has 0 unspecified atom stereocenters. The predicted octanol–water partition coefficient (Wildman–Crippen LogP) is 5.69. The summed E-state index contributed by atoms with van der Waals surface area (Å²) in [5, 5.41) is 11.8. The molecular weight excluding hydrogens is 585 g/mol. The molecule has 7 rings (SSSR count). The van der Waals surface area contributed by atoms with Crippen LogP contribution in [0.3, 0.4) is 0 Å². The summed E-state index contributed by atoms with van der Waals surface area (Å²) >= 11 is 0. The molecule has 3 saturated heterocycles. The number of nitrogens with one attached hydrogen (secondary N) is 1. The van der Waals surface area contributed by atoms with Gasteiger partial charge in [0.15, 0.2) is 0 Å². The van der Waals surface area contributed by atoms with E-state index in [1.165, 1.54) is 12.1 Å². The number of likely N-dealkylation sites (tertiary alicyclic amines) is 2. The molecule has 4 aliphatic rings. The van der Waals surface area contributed by atoms with Crippen molar-refractivity contribution in [1.82, 2.24) is 25.3 Å². The molecule has 10 heteroatoms. The number of benzene rings is 2. The van der Waals surface area contributed by atoms with Crippen molar-refractivity contribution in [2.45, 2.75) is 76.9 Å².